The lowest BCUT2D eigenvalue weighted by molar-refractivity contribution is -0.148. The van der Waals surface area contributed by atoms with Crippen LogP contribution in [0.15, 0.2) is 29.2 Å². The fourth-order valence-electron chi connectivity index (χ4n) is 2.07. The minimum atomic E-state index is -0.946. The van der Waals surface area contributed by atoms with Crippen molar-refractivity contribution < 1.29 is 23.9 Å². The molecule has 2 amide bonds. The van der Waals surface area contributed by atoms with Gasteiger partial charge in [0.05, 0.1) is 18.6 Å². The van der Waals surface area contributed by atoms with Gasteiger partial charge in [-0.1, -0.05) is 12.1 Å². The molecule has 1 heterocycles. The van der Waals surface area contributed by atoms with Gasteiger partial charge in [0.15, 0.2) is 0 Å². The van der Waals surface area contributed by atoms with E-state index in [1.165, 1.54) is 14.0 Å². The fourth-order valence-corrected chi connectivity index (χ4v) is 2.98. The minimum absolute atomic E-state index is 0.273. The molecule has 0 aliphatic carbocycles. The minimum Gasteiger partial charge on any atom is -0.494 e. The molecule has 0 spiro atoms. The van der Waals surface area contributed by atoms with E-state index in [-0.39, 0.29) is 4.91 Å². The van der Waals surface area contributed by atoms with Gasteiger partial charge in [0.25, 0.3) is 11.1 Å². The van der Waals surface area contributed by atoms with Crippen molar-refractivity contribution >= 4 is 35.0 Å². The van der Waals surface area contributed by atoms with Crippen LogP contribution in [0.5, 0.6) is 5.75 Å². The number of benzene rings is 1. The lowest BCUT2D eigenvalue weighted by atomic mass is 10.2. The molecule has 0 unspecified atom stereocenters. The van der Waals surface area contributed by atoms with E-state index in [2.05, 4.69) is 4.74 Å². The normalized spacial score (nSPS) is 17.5. The standard InChI is InChI=1S/C16H17NO5S/c1-4-22-12-7-5-11(6-8-12)9-13-14(18)17(16(20)23-13)10(2)15(19)21-3/h5-10H,4H2,1-3H3/b13-9+/t10-/m1/s1. The summed E-state index contributed by atoms with van der Waals surface area (Å²) in [6.07, 6.45) is 1.62. The van der Waals surface area contributed by atoms with E-state index in [0.29, 0.717) is 6.61 Å². The van der Waals surface area contributed by atoms with Gasteiger partial charge in [-0.2, -0.15) is 0 Å². The van der Waals surface area contributed by atoms with Gasteiger partial charge < -0.3 is 9.47 Å². The molecule has 6 nitrogen and oxygen atoms in total. The Morgan fingerprint density at radius 2 is 1.96 bits per heavy atom. The first-order valence-electron chi connectivity index (χ1n) is 7.05. The number of hydrogen-bond acceptors (Lipinski definition) is 6. The Balaban J connectivity index is 2.19. The predicted molar refractivity (Wildman–Crippen MR) is 86.9 cm³/mol. The number of rotatable bonds is 5. The van der Waals surface area contributed by atoms with Crippen LogP contribution < -0.4 is 4.74 Å². The van der Waals surface area contributed by atoms with E-state index >= 15 is 0 Å². The second kappa shape index (κ2) is 7.32. The van der Waals surface area contributed by atoms with E-state index in [0.717, 1.165) is 28.0 Å². The molecule has 2 rings (SSSR count). The number of hydrogen-bond donors (Lipinski definition) is 0. The summed E-state index contributed by atoms with van der Waals surface area (Å²) >= 11 is 0.807. The summed E-state index contributed by atoms with van der Waals surface area (Å²) in [6.45, 7) is 3.93. The topological polar surface area (TPSA) is 72.9 Å². The largest absolute Gasteiger partial charge is 0.494 e. The average Bonchev–Trinajstić information content (AvgIpc) is 2.82. The number of carbonyl (C=O) groups excluding carboxylic acids is 3. The molecule has 1 aromatic carbocycles. The summed E-state index contributed by atoms with van der Waals surface area (Å²) in [4.78, 5) is 37.1. The first-order valence-corrected chi connectivity index (χ1v) is 7.87. The van der Waals surface area contributed by atoms with Crippen molar-refractivity contribution in [3.8, 4) is 5.75 Å². The predicted octanol–water partition coefficient (Wildman–Crippen LogP) is 2.68. The van der Waals surface area contributed by atoms with Gasteiger partial charge in [0, 0.05) is 0 Å². The number of thioether (sulfide) groups is 1. The van der Waals surface area contributed by atoms with Gasteiger partial charge in [-0.25, -0.2) is 4.79 Å². The summed E-state index contributed by atoms with van der Waals surface area (Å²) in [6, 6.07) is 6.22. The lowest BCUT2D eigenvalue weighted by Gasteiger charge is -2.18. The van der Waals surface area contributed by atoms with Gasteiger partial charge in [0.1, 0.15) is 11.8 Å². The number of nitrogens with zero attached hydrogens (tertiary/aromatic N) is 1. The van der Waals surface area contributed by atoms with E-state index in [1.807, 2.05) is 6.92 Å². The molecular weight excluding hydrogens is 318 g/mol. The Morgan fingerprint density at radius 3 is 2.52 bits per heavy atom. The van der Waals surface area contributed by atoms with Gasteiger partial charge in [-0.3, -0.25) is 14.5 Å². The van der Waals surface area contributed by atoms with Gasteiger partial charge in [-0.15, -0.1) is 0 Å². The van der Waals surface area contributed by atoms with Crippen LogP contribution in [0.1, 0.15) is 19.4 Å². The molecule has 0 radical (unpaired) electrons. The first-order chi connectivity index (χ1) is 11.0. The van der Waals surface area contributed by atoms with Crippen LogP contribution in [-0.2, 0) is 14.3 Å². The molecule has 0 bridgehead atoms. The highest BCUT2D eigenvalue weighted by Gasteiger charge is 2.41. The van der Waals surface area contributed by atoms with Crippen molar-refractivity contribution in [3.05, 3.63) is 34.7 Å². The van der Waals surface area contributed by atoms with E-state index in [1.54, 1.807) is 30.3 Å². The molecule has 23 heavy (non-hydrogen) atoms. The van der Waals surface area contributed by atoms with Crippen molar-refractivity contribution in [3.63, 3.8) is 0 Å². The number of amides is 2. The van der Waals surface area contributed by atoms with Crippen LogP contribution in [0.3, 0.4) is 0 Å². The molecule has 0 aromatic heterocycles. The van der Waals surface area contributed by atoms with Crippen molar-refractivity contribution in [2.24, 2.45) is 0 Å². The average molecular weight is 335 g/mol. The molecule has 1 saturated heterocycles. The smallest absolute Gasteiger partial charge is 0.328 e. The third-order valence-electron chi connectivity index (χ3n) is 3.24. The van der Waals surface area contributed by atoms with Crippen molar-refractivity contribution in [1.29, 1.82) is 0 Å². The zero-order valence-electron chi connectivity index (χ0n) is 13.1. The Kier molecular flexibility index (Phi) is 5.44. The van der Waals surface area contributed by atoms with Crippen molar-refractivity contribution in [1.82, 2.24) is 4.90 Å². The number of esters is 1. The monoisotopic (exact) mass is 335 g/mol. The SMILES string of the molecule is CCOc1ccc(/C=C2/SC(=O)N([C@H](C)C(=O)OC)C2=O)cc1. The second-order valence-electron chi connectivity index (χ2n) is 4.75. The van der Waals surface area contributed by atoms with Crippen molar-refractivity contribution in [2.75, 3.05) is 13.7 Å². The number of ether oxygens (including phenoxy) is 2. The summed E-state index contributed by atoms with van der Waals surface area (Å²) in [7, 11) is 1.22. The zero-order valence-corrected chi connectivity index (χ0v) is 13.9. The van der Waals surface area contributed by atoms with Crippen LogP contribution in [0.4, 0.5) is 4.79 Å². The molecule has 1 aliphatic rings. The maximum atomic E-state index is 12.3. The van der Waals surface area contributed by atoms with Gasteiger partial charge >= 0.3 is 5.97 Å². The Hall–Kier alpha value is -2.28. The molecule has 1 fully saturated rings. The molecular formula is C16H17NO5S. The third-order valence-corrected chi connectivity index (χ3v) is 4.13. The van der Waals surface area contributed by atoms with Crippen LogP contribution in [0, 0.1) is 0 Å². The summed E-state index contributed by atoms with van der Waals surface area (Å²) in [5.74, 6) is -0.390. The van der Waals surface area contributed by atoms with Crippen LogP contribution in [0.2, 0.25) is 0 Å². The summed E-state index contributed by atoms with van der Waals surface area (Å²) in [5, 5.41) is -0.481. The Bertz CT molecular complexity index is 653. The van der Waals surface area contributed by atoms with Gasteiger partial charge in [0.2, 0.25) is 0 Å². The highest BCUT2D eigenvalue weighted by molar-refractivity contribution is 8.18. The van der Waals surface area contributed by atoms with E-state index < -0.39 is 23.2 Å². The molecule has 1 aliphatic heterocycles. The highest BCUT2D eigenvalue weighted by atomic mass is 32.2. The summed E-state index contributed by atoms with van der Waals surface area (Å²) in [5.41, 5.74) is 0.768. The first kappa shape index (κ1) is 17.1. The van der Waals surface area contributed by atoms with Crippen LogP contribution in [-0.4, -0.2) is 41.8 Å². The van der Waals surface area contributed by atoms with E-state index in [9.17, 15) is 14.4 Å². The second-order valence-corrected chi connectivity index (χ2v) is 5.75. The molecule has 0 N–H and O–H groups in total. The molecule has 1 atom stereocenters. The number of methoxy groups -OCH3 is 1. The zero-order chi connectivity index (χ0) is 17.0. The lowest BCUT2D eigenvalue weighted by Crippen LogP contribution is -2.42. The highest BCUT2D eigenvalue weighted by Crippen LogP contribution is 2.34. The fraction of sp³-hybridized carbons (Fsp3) is 0.312. The molecule has 7 heteroatoms. The maximum absolute atomic E-state index is 12.3. The maximum Gasteiger partial charge on any atom is 0.328 e. The number of carbonyl (C=O) groups is 3. The van der Waals surface area contributed by atoms with Crippen molar-refractivity contribution in [2.45, 2.75) is 19.9 Å². The quantitative estimate of drug-likeness (QED) is 0.608. The van der Waals surface area contributed by atoms with E-state index in [4.69, 9.17) is 4.74 Å². The Morgan fingerprint density at radius 1 is 1.30 bits per heavy atom. The van der Waals surface area contributed by atoms with Gasteiger partial charge in [-0.05, 0) is 49.4 Å². The number of imide groups is 1. The van der Waals surface area contributed by atoms with Crippen LogP contribution >= 0.6 is 11.8 Å². The summed E-state index contributed by atoms with van der Waals surface area (Å²) < 4.78 is 9.93. The molecule has 122 valence electrons. The Labute approximate surface area is 138 Å². The van der Waals surface area contributed by atoms with Crippen LogP contribution in [0.25, 0.3) is 6.08 Å². The third kappa shape index (κ3) is 3.73. The molecule has 1 aromatic rings. The molecule has 0 saturated carbocycles.